The van der Waals surface area contributed by atoms with E-state index >= 15 is 0 Å². The number of hydrogen-bond acceptors (Lipinski definition) is 3. The van der Waals surface area contributed by atoms with E-state index < -0.39 is 11.7 Å². The van der Waals surface area contributed by atoms with E-state index in [1.54, 1.807) is 6.20 Å². The quantitative estimate of drug-likeness (QED) is 0.346. The lowest BCUT2D eigenvalue weighted by molar-refractivity contribution is -0.137. The van der Waals surface area contributed by atoms with Crippen LogP contribution in [-0.2, 0) is 6.18 Å². The lowest BCUT2D eigenvalue weighted by atomic mass is 9.92. The van der Waals surface area contributed by atoms with Gasteiger partial charge in [0.25, 0.3) is 0 Å². The standard InChI is InChI=1S/C25H27F4N3/c1-16-12-19(14-21(26)13-16)17(2)24(32-10-8-22(30)9-11-32)23(15-31-3)18-4-6-20(7-5-18)25(27,28)29/h4-7,12-15,22H,3,8-11,30H2,1-2H3/b23-15-,24-17-. The van der Waals surface area contributed by atoms with Gasteiger partial charge in [-0.1, -0.05) is 18.2 Å². The van der Waals surface area contributed by atoms with Crippen molar-refractivity contribution in [1.82, 2.24) is 4.90 Å². The normalized spacial score (nSPS) is 16.7. The highest BCUT2D eigenvalue weighted by atomic mass is 19.4. The SMILES string of the molecule is C=N/C=C(\C(=C(/C)c1cc(C)cc(F)c1)N1CCC(N)CC1)c1ccc(C(F)(F)F)cc1. The van der Waals surface area contributed by atoms with Crippen molar-refractivity contribution in [2.45, 2.75) is 38.9 Å². The molecule has 1 heterocycles. The van der Waals surface area contributed by atoms with Crippen LogP contribution >= 0.6 is 0 Å². The first-order valence-electron chi connectivity index (χ1n) is 10.4. The molecule has 1 saturated heterocycles. The van der Waals surface area contributed by atoms with Gasteiger partial charge in [0.15, 0.2) is 0 Å². The van der Waals surface area contributed by atoms with Crippen molar-refractivity contribution < 1.29 is 17.6 Å². The summed E-state index contributed by atoms with van der Waals surface area (Å²) in [4.78, 5) is 6.08. The average molecular weight is 446 g/mol. The van der Waals surface area contributed by atoms with Crippen molar-refractivity contribution in [3.05, 3.63) is 82.4 Å². The van der Waals surface area contributed by atoms with Crippen molar-refractivity contribution in [3.8, 4) is 0 Å². The van der Waals surface area contributed by atoms with E-state index in [9.17, 15) is 17.6 Å². The number of aryl methyl sites for hydroxylation is 1. The third-order valence-electron chi connectivity index (χ3n) is 5.68. The maximum atomic E-state index is 14.2. The fourth-order valence-corrected chi connectivity index (χ4v) is 4.02. The summed E-state index contributed by atoms with van der Waals surface area (Å²) in [6.45, 7) is 8.62. The molecule has 32 heavy (non-hydrogen) atoms. The van der Waals surface area contributed by atoms with Crippen LogP contribution in [0.5, 0.6) is 0 Å². The fraction of sp³-hybridized carbons (Fsp3) is 0.320. The molecule has 3 rings (SSSR count). The molecule has 0 amide bonds. The van der Waals surface area contributed by atoms with E-state index in [1.165, 1.54) is 24.3 Å². The highest BCUT2D eigenvalue weighted by Crippen LogP contribution is 2.36. The third kappa shape index (κ3) is 5.46. The molecule has 1 aliphatic rings. The number of halogens is 4. The maximum absolute atomic E-state index is 14.2. The van der Waals surface area contributed by atoms with Gasteiger partial charge in [-0.25, -0.2) is 4.39 Å². The highest BCUT2D eigenvalue weighted by Gasteiger charge is 2.30. The number of nitrogens with zero attached hydrogens (tertiary/aromatic N) is 2. The van der Waals surface area contributed by atoms with Gasteiger partial charge in [0.1, 0.15) is 5.82 Å². The summed E-state index contributed by atoms with van der Waals surface area (Å²) in [6, 6.07) is 9.87. The molecule has 0 spiro atoms. The Labute approximate surface area is 186 Å². The molecule has 0 aromatic heterocycles. The summed E-state index contributed by atoms with van der Waals surface area (Å²) in [5, 5.41) is 0. The molecule has 1 fully saturated rings. The van der Waals surface area contributed by atoms with E-state index in [4.69, 9.17) is 5.73 Å². The van der Waals surface area contributed by atoms with Crippen molar-refractivity contribution in [3.63, 3.8) is 0 Å². The summed E-state index contributed by atoms with van der Waals surface area (Å²) in [5.74, 6) is -0.346. The van der Waals surface area contributed by atoms with Gasteiger partial charge in [-0.2, -0.15) is 13.2 Å². The Morgan fingerprint density at radius 1 is 1.09 bits per heavy atom. The van der Waals surface area contributed by atoms with Crippen molar-refractivity contribution in [2.75, 3.05) is 13.1 Å². The predicted molar refractivity (Wildman–Crippen MR) is 121 cm³/mol. The van der Waals surface area contributed by atoms with Crippen LogP contribution in [0.15, 0.2) is 59.4 Å². The molecule has 0 saturated carbocycles. The molecular weight excluding hydrogens is 418 g/mol. The van der Waals surface area contributed by atoms with Crippen molar-refractivity contribution >= 4 is 17.9 Å². The van der Waals surface area contributed by atoms with Gasteiger partial charge < -0.3 is 10.6 Å². The molecule has 0 radical (unpaired) electrons. The van der Waals surface area contributed by atoms with Crippen LogP contribution in [0.4, 0.5) is 17.6 Å². The smallest absolute Gasteiger partial charge is 0.371 e. The van der Waals surface area contributed by atoms with Gasteiger partial charge in [-0.15, -0.1) is 0 Å². The number of piperidine rings is 1. The third-order valence-corrected chi connectivity index (χ3v) is 5.68. The molecule has 2 aromatic rings. The number of likely N-dealkylation sites (tertiary alicyclic amines) is 1. The Hall–Kier alpha value is -2.93. The minimum absolute atomic E-state index is 0.0975. The van der Waals surface area contributed by atoms with Crippen LogP contribution < -0.4 is 5.73 Å². The summed E-state index contributed by atoms with van der Waals surface area (Å²) < 4.78 is 53.4. The van der Waals surface area contributed by atoms with Gasteiger partial charge in [-0.05, 0) is 79.9 Å². The van der Waals surface area contributed by atoms with Gasteiger partial charge >= 0.3 is 6.18 Å². The van der Waals surface area contributed by atoms with E-state index in [0.29, 0.717) is 29.8 Å². The molecule has 1 aliphatic heterocycles. The predicted octanol–water partition coefficient (Wildman–Crippen LogP) is 6.05. The number of benzene rings is 2. The van der Waals surface area contributed by atoms with Crippen molar-refractivity contribution in [1.29, 1.82) is 0 Å². The van der Waals surface area contributed by atoms with Crippen LogP contribution in [0.25, 0.3) is 11.1 Å². The van der Waals surface area contributed by atoms with Crippen LogP contribution in [0.2, 0.25) is 0 Å². The number of allylic oxidation sites excluding steroid dienone is 2. The number of rotatable bonds is 5. The van der Waals surface area contributed by atoms with E-state index in [0.717, 1.165) is 41.8 Å². The molecule has 0 aliphatic carbocycles. The second kappa shape index (κ2) is 9.69. The van der Waals surface area contributed by atoms with Crippen LogP contribution in [0, 0.1) is 12.7 Å². The summed E-state index contributed by atoms with van der Waals surface area (Å²) in [7, 11) is 0. The zero-order valence-corrected chi connectivity index (χ0v) is 18.2. The van der Waals surface area contributed by atoms with Gasteiger partial charge in [-0.3, -0.25) is 4.99 Å². The lowest BCUT2D eigenvalue weighted by Crippen LogP contribution is -2.39. The zero-order valence-electron chi connectivity index (χ0n) is 18.2. The molecule has 0 bridgehead atoms. The fourth-order valence-electron chi connectivity index (χ4n) is 4.02. The number of nitrogens with two attached hydrogens (primary N) is 1. The van der Waals surface area contributed by atoms with Gasteiger partial charge in [0, 0.05) is 36.6 Å². The number of hydrogen-bond donors (Lipinski definition) is 1. The Kier molecular flexibility index (Phi) is 7.19. The summed E-state index contributed by atoms with van der Waals surface area (Å²) in [6.07, 6.45) is -1.32. The average Bonchev–Trinajstić information content (AvgIpc) is 2.73. The minimum Gasteiger partial charge on any atom is -0.371 e. The second-order valence-corrected chi connectivity index (χ2v) is 8.12. The van der Waals surface area contributed by atoms with E-state index in [-0.39, 0.29) is 11.9 Å². The Morgan fingerprint density at radius 3 is 2.25 bits per heavy atom. The first kappa shape index (κ1) is 23.7. The van der Waals surface area contributed by atoms with Crippen LogP contribution in [0.3, 0.4) is 0 Å². The summed E-state index contributed by atoms with van der Waals surface area (Å²) >= 11 is 0. The van der Waals surface area contributed by atoms with Crippen molar-refractivity contribution in [2.24, 2.45) is 10.7 Å². The van der Waals surface area contributed by atoms with E-state index in [1.807, 2.05) is 19.9 Å². The largest absolute Gasteiger partial charge is 0.416 e. The Bertz CT molecular complexity index is 1010. The Morgan fingerprint density at radius 2 is 1.72 bits per heavy atom. The first-order valence-corrected chi connectivity index (χ1v) is 10.4. The molecule has 0 atom stereocenters. The number of alkyl halides is 3. The summed E-state index contributed by atoms with van der Waals surface area (Å²) in [5.41, 5.74) is 9.63. The molecule has 3 nitrogen and oxygen atoms in total. The molecule has 170 valence electrons. The molecule has 2 N–H and O–H groups in total. The van der Waals surface area contributed by atoms with E-state index in [2.05, 4.69) is 16.6 Å². The monoisotopic (exact) mass is 445 g/mol. The van der Waals surface area contributed by atoms with Gasteiger partial charge in [0.05, 0.1) is 5.56 Å². The highest BCUT2D eigenvalue weighted by molar-refractivity contribution is 5.88. The molecule has 0 unspecified atom stereocenters. The Balaban J connectivity index is 2.17. The maximum Gasteiger partial charge on any atom is 0.416 e. The zero-order chi connectivity index (χ0) is 23.5. The molecule has 2 aromatic carbocycles. The molecular formula is C25H27F4N3. The van der Waals surface area contributed by atoms with Crippen LogP contribution in [0.1, 0.15) is 42.0 Å². The lowest BCUT2D eigenvalue weighted by Gasteiger charge is -2.36. The van der Waals surface area contributed by atoms with Gasteiger partial charge in [0.2, 0.25) is 0 Å². The first-order chi connectivity index (χ1) is 15.1. The topological polar surface area (TPSA) is 41.6 Å². The number of aliphatic imine (C=N–C) groups is 1. The second-order valence-electron chi connectivity index (χ2n) is 8.12. The molecule has 7 heteroatoms. The van der Waals surface area contributed by atoms with Crippen LogP contribution in [-0.4, -0.2) is 30.7 Å². The minimum atomic E-state index is -4.42.